The molecule has 0 bridgehead atoms. The molecule has 188 valence electrons. The lowest BCUT2D eigenvalue weighted by Gasteiger charge is -2.22. The smallest absolute Gasteiger partial charge is 0.319 e. The van der Waals surface area contributed by atoms with E-state index in [1.54, 1.807) is 27.4 Å². The van der Waals surface area contributed by atoms with Crippen LogP contribution in [0, 0.1) is 0 Å². The Kier molecular flexibility index (Phi) is 8.40. The summed E-state index contributed by atoms with van der Waals surface area (Å²) in [5, 5.41) is 17.2. The van der Waals surface area contributed by atoms with Gasteiger partial charge in [-0.1, -0.05) is 6.07 Å². The van der Waals surface area contributed by atoms with Crippen molar-refractivity contribution < 1.29 is 33.7 Å². The highest BCUT2D eigenvalue weighted by Crippen LogP contribution is 2.50. The number of benzene rings is 2. The molecule has 0 radical (unpaired) electrons. The van der Waals surface area contributed by atoms with Gasteiger partial charge in [-0.15, -0.1) is 0 Å². The zero-order valence-corrected chi connectivity index (χ0v) is 20.3. The molecule has 0 fully saturated rings. The number of aryl methyl sites for hydroxylation is 1. The summed E-state index contributed by atoms with van der Waals surface area (Å²) < 4.78 is 16.9. The Hall–Kier alpha value is -3.95. The van der Waals surface area contributed by atoms with Crippen molar-refractivity contribution in [2.45, 2.75) is 38.6 Å². The summed E-state index contributed by atoms with van der Waals surface area (Å²) in [6.07, 6.45) is 1.59. The molecule has 3 rings (SSSR count). The molecule has 0 saturated carbocycles. The van der Waals surface area contributed by atoms with Gasteiger partial charge >= 0.3 is 12.0 Å². The average molecular weight is 486 g/mol. The van der Waals surface area contributed by atoms with Crippen LogP contribution < -0.4 is 30.2 Å². The SMILES string of the molecule is COc1cc2c(c(OC)c1OC)-c1ccc(NC(=O)NCCCC(=O)O)cc1[C@@H](NC(C)=O)CC2. The molecule has 1 atom stereocenters. The number of hydrogen-bond acceptors (Lipinski definition) is 6. The van der Waals surface area contributed by atoms with Gasteiger partial charge in [-0.05, 0) is 54.2 Å². The van der Waals surface area contributed by atoms with Crippen molar-refractivity contribution in [2.24, 2.45) is 0 Å². The molecule has 10 nitrogen and oxygen atoms in total. The van der Waals surface area contributed by atoms with Crippen molar-refractivity contribution in [2.75, 3.05) is 33.2 Å². The van der Waals surface area contributed by atoms with Crippen LogP contribution in [0.2, 0.25) is 0 Å². The molecule has 2 aromatic rings. The first-order valence-electron chi connectivity index (χ1n) is 11.3. The van der Waals surface area contributed by atoms with Crippen LogP contribution in [0.25, 0.3) is 11.1 Å². The van der Waals surface area contributed by atoms with Crippen molar-refractivity contribution in [3.8, 4) is 28.4 Å². The predicted octanol–water partition coefficient (Wildman–Crippen LogP) is 3.49. The Morgan fingerprint density at radius 2 is 1.80 bits per heavy atom. The first kappa shape index (κ1) is 25.7. The second-order valence-corrected chi connectivity index (χ2v) is 8.15. The van der Waals surface area contributed by atoms with Gasteiger partial charge in [0.15, 0.2) is 11.5 Å². The normalized spacial score (nSPS) is 14.0. The van der Waals surface area contributed by atoms with E-state index >= 15 is 0 Å². The molecule has 10 heteroatoms. The lowest BCUT2D eigenvalue weighted by Crippen LogP contribution is -2.30. The number of carboxylic acid groups (broad SMARTS) is 1. The molecule has 3 amide bonds. The number of carbonyl (C=O) groups is 3. The summed E-state index contributed by atoms with van der Waals surface area (Å²) in [5.41, 5.74) is 4.05. The number of methoxy groups -OCH3 is 3. The van der Waals surface area contributed by atoms with Crippen molar-refractivity contribution in [3.05, 3.63) is 35.4 Å². The molecule has 0 aliphatic heterocycles. The van der Waals surface area contributed by atoms with Gasteiger partial charge in [-0.3, -0.25) is 9.59 Å². The maximum Gasteiger partial charge on any atom is 0.319 e. The van der Waals surface area contributed by atoms with Gasteiger partial charge in [0.1, 0.15) is 0 Å². The number of fused-ring (bicyclic) bond motifs is 3. The van der Waals surface area contributed by atoms with Crippen LogP contribution >= 0.6 is 0 Å². The van der Waals surface area contributed by atoms with Gasteiger partial charge in [-0.25, -0.2) is 4.79 Å². The molecule has 35 heavy (non-hydrogen) atoms. The Balaban J connectivity index is 2.01. The third-order valence-electron chi connectivity index (χ3n) is 5.80. The van der Waals surface area contributed by atoms with E-state index in [2.05, 4.69) is 16.0 Å². The molecule has 1 aliphatic carbocycles. The zero-order valence-electron chi connectivity index (χ0n) is 20.3. The largest absolute Gasteiger partial charge is 0.493 e. The highest BCUT2D eigenvalue weighted by Gasteiger charge is 2.29. The van der Waals surface area contributed by atoms with E-state index in [4.69, 9.17) is 19.3 Å². The van der Waals surface area contributed by atoms with Crippen molar-refractivity contribution in [3.63, 3.8) is 0 Å². The summed E-state index contributed by atoms with van der Waals surface area (Å²) in [6, 6.07) is 6.67. The minimum atomic E-state index is -0.910. The quantitative estimate of drug-likeness (QED) is 0.399. The number of rotatable bonds is 9. The third kappa shape index (κ3) is 5.95. The molecule has 4 N–H and O–H groups in total. The van der Waals surface area contributed by atoms with Crippen molar-refractivity contribution in [1.82, 2.24) is 10.6 Å². The van der Waals surface area contributed by atoms with Gasteiger partial charge < -0.3 is 35.3 Å². The number of aliphatic carboxylic acids is 1. The van der Waals surface area contributed by atoms with Crippen LogP contribution in [0.5, 0.6) is 17.2 Å². The van der Waals surface area contributed by atoms with E-state index in [1.165, 1.54) is 6.92 Å². The molecule has 2 aromatic carbocycles. The van der Waals surface area contributed by atoms with Crippen LogP contribution in [0.15, 0.2) is 24.3 Å². The van der Waals surface area contributed by atoms with Gasteiger partial charge in [0, 0.05) is 31.1 Å². The monoisotopic (exact) mass is 485 g/mol. The molecule has 0 spiro atoms. The van der Waals surface area contributed by atoms with Crippen LogP contribution in [-0.4, -0.2) is 50.9 Å². The topological polar surface area (TPSA) is 135 Å². The van der Waals surface area contributed by atoms with E-state index in [0.717, 1.165) is 22.3 Å². The van der Waals surface area contributed by atoms with E-state index in [9.17, 15) is 14.4 Å². The summed E-state index contributed by atoms with van der Waals surface area (Å²) in [6.45, 7) is 1.71. The van der Waals surface area contributed by atoms with E-state index in [1.807, 2.05) is 18.2 Å². The molecule has 1 aliphatic rings. The number of amides is 3. The molecule has 0 unspecified atom stereocenters. The first-order valence-corrected chi connectivity index (χ1v) is 11.3. The summed E-state index contributed by atoms with van der Waals surface area (Å²) in [7, 11) is 4.68. The number of nitrogens with one attached hydrogen (secondary N) is 3. The fraction of sp³-hybridized carbons (Fsp3) is 0.400. The third-order valence-corrected chi connectivity index (χ3v) is 5.80. The standard InChI is InChI=1S/C25H31N3O7/c1-14(29)27-19-10-7-15-12-20(33-2)23(34-3)24(35-4)22(15)17-9-8-16(13-18(17)19)28-25(32)26-11-5-6-21(30)31/h8-9,12-13,19H,5-7,10-11H2,1-4H3,(H,27,29)(H,30,31)(H2,26,28,32)/t19-/m0/s1. The zero-order chi connectivity index (χ0) is 25.5. The van der Waals surface area contributed by atoms with Crippen LogP contribution in [0.3, 0.4) is 0 Å². The summed E-state index contributed by atoms with van der Waals surface area (Å²) in [4.78, 5) is 34.9. The highest BCUT2D eigenvalue weighted by molar-refractivity contribution is 5.91. The second-order valence-electron chi connectivity index (χ2n) is 8.15. The van der Waals surface area contributed by atoms with E-state index < -0.39 is 12.0 Å². The summed E-state index contributed by atoms with van der Waals surface area (Å²) in [5.74, 6) is 0.486. The summed E-state index contributed by atoms with van der Waals surface area (Å²) >= 11 is 0. The van der Waals surface area contributed by atoms with Gasteiger partial charge in [0.25, 0.3) is 0 Å². The minimum Gasteiger partial charge on any atom is -0.493 e. The Labute approximate surface area is 203 Å². The minimum absolute atomic E-state index is 0.0208. The van der Waals surface area contributed by atoms with Gasteiger partial charge in [0.2, 0.25) is 11.7 Å². The number of hydrogen-bond donors (Lipinski definition) is 4. The lowest BCUT2D eigenvalue weighted by molar-refractivity contribution is -0.137. The Morgan fingerprint density at radius 1 is 1.06 bits per heavy atom. The van der Waals surface area contributed by atoms with Crippen molar-refractivity contribution in [1.29, 1.82) is 0 Å². The highest BCUT2D eigenvalue weighted by atomic mass is 16.5. The van der Waals surface area contributed by atoms with Crippen LogP contribution in [0.4, 0.5) is 10.5 Å². The van der Waals surface area contributed by atoms with E-state index in [-0.39, 0.29) is 24.9 Å². The van der Waals surface area contributed by atoms with Crippen LogP contribution in [-0.2, 0) is 16.0 Å². The molecule has 0 saturated heterocycles. The van der Waals surface area contributed by atoms with Gasteiger partial charge in [0.05, 0.1) is 27.4 Å². The molecule has 0 aromatic heterocycles. The van der Waals surface area contributed by atoms with Crippen LogP contribution in [0.1, 0.15) is 43.4 Å². The molecule has 0 heterocycles. The molecular weight excluding hydrogens is 454 g/mol. The molecular formula is C25H31N3O7. The first-order chi connectivity index (χ1) is 16.8. The fourth-order valence-electron chi connectivity index (χ4n) is 4.32. The predicted molar refractivity (Wildman–Crippen MR) is 130 cm³/mol. The number of urea groups is 1. The lowest BCUT2D eigenvalue weighted by atomic mass is 9.93. The van der Waals surface area contributed by atoms with E-state index in [0.29, 0.717) is 42.2 Å². The maximum atomic E-state index is 12.3. The number of carboxylic acids is 1. The van der Waals surface area contributed by atoms with Gasteiger partial charge in [-0.2, -0.15) is 0 Å². The number of anilines is 1. The fourth-order valence-corrected chi connectivity index (χ4v) is 4.32. The van der Waals surface area contributed by atoms with Crippen molar-refractivity contribution >= 4 is 23.6 Å². The average Bonchev–Trinajstić information content (AvgIpc) is 2.96. The number of carbonyl (C=O) groups excluding carboxylic acids is 2. The Morgan fingerprint density at radius 3 is 2.43 bits per heavy atom. The second kappa shape index (κ2) is 11.5. The Bertz CT molecular complexity index is 1120. The maximum absolute atomic E-state index is 12.3. The number of ether oxygens (including phenoxy) is 3.